The predicted molar refractivity (Wildman–Crippen MR) is 86.4 cm³/mol. The third kappa shape index (κ3) is 5.28. The molecule has 2 nitrogen and oxygen atoms in total. The highest BCUT2D eigenvalue weighted by Gasteiger charge is 2.29. The number of hydrogen-bond acceptors (Lipinski definition) is 2. The summed E-state index contributed by atoms with van der Waals surface area (Å²) in [7, 11) is 0. The molecule has 1 saturated carbocycles. The van der Waals surface area contributed by atoms with Crippen LogP contribution in [0.5, 0.6) is 0 Å². The third-order valence-electron chi connectivity index (χ3n) is 4.47. The molecule has 21 heavy (non-hydrogen) atoms. The van der Waals surface area contributed by atoms with Gasteiger partial charge in [0.15, 0.2) is 5.78 Å². The number of ketones is 1. The van der Waals surface area contributed by atoms with Gasteiger partial charge in [0.1, 0.15) is 6.10 Å². The predicted octanol–water partition coefficient (Wildman–Crippen LogP) is 4.56. The maximum absolute atomic E-state index is 12.5. The number of carbonyl (C=O) groups excluding carboxylic acids is 1. The monoisotopic (exact) mass is 288 g/mol. The Kier molecular flexibility index (Phi) is 6.94. The zero-order chi connectivity index (χ0) is 14.9. The molecule has 0 aliphatic heterocycles. The molecule has 0 heterocycles. The van der Waals surface area contributed by atoms with Crippen molar-refractivity contribution in [3.8, 4) is 0 Å². The molecule has 1 aromatic rings. The van der Waals surface area contributed by atoms with Crippen molar-refractivity contribution in [3.63, 3.8) is 0 Å². The van der Waals surface area contributed by atoms with Crippen LogP contribution in [-0.2, 0) is 16.0 Å². The molecule has 1 aliphatic carbocycles. The van der Waals surface area contributed by atoms with Crippen molar-refractivity contribution in [2.45, 2.75) is 64.4 Å². The van der Waals surface area contributed by atoms with Crippen molar-refractivity contribution in [2.24, 2.45) is 5.92 Å². The first-order chi connectivity index (χ1) is 10.3. The lowest BCUT2D eigenvalue weighted by Crippen LogP contribution is -2.34. The normalized spacial score (nSPS) is 17.6. The maximum atomic E-state index is 12.5. The van der Waals surface area contributed by atoms with E-state index in [0.29, 0.717) is 24.7 Å². The van der Waals surface area contributed by atoms with E-state index in [1.54, 1.807) is 0 Å². The Morgan fingerprint density at radius 2 is 1.90 bits per heavy atom. The van der Waals surface area contributed by atoms with E-state index in [2.05, 4.69) is 24.3 Å². The first kappa shape index (κ1) is 16.2. The van der Waals surface area contributed by atoms with E-state index in [1.807, 2.05) is 13.0 Å². The number of ether oxygens (including phenoxy) is 1. The van der Waals surface area contributed by atoms with Gasteiger partial charge in [-0.15, -0.1) is 0 Å². The standard InChI is InChI=1S/C19H28O2/c1-2-21-19(17-13-7-4-8-14-17)18(20)15-9-12-16-10-5-3-6-11-16/h3,5-6,10-11,17,19H,2,4,7-9,12-15H2,1H3. The quantitative estimate of drug-likeness (QED) is 0.700. The second-order valence-corrected chi connectivity index (χ2v) is 6.08. The van der Waals surface area contributed by atoms with Crippen LogP contribution in [0.25, 0.3) is 0 Å². The van der Waals surface area contributed by atoms with Crippen LogP contribution < -0.4 is 0 Å². The van der Waals surface area contributed by atoms with Gasteiger partial charge in [-0.2, -0.15) is 0 Å². The van der Waals surface area contributed by atoms with Crippen LogP contribution in [0.2, 0.25) is 0 Å². The van der Waals surface area contributed by atoms with Gasteiger partial charge >= 0.3 is 0 Å². The van der Waals surface area contributed by atoms with Crippen LogP contribution in [0.1, 0.15) is 57.4 Å². The van der Waals surface area contributed by atoms with Crippen LogP contribution in [0, 0.1) is 5.92 Å². The molecule has 0 spiro atoms. The summed E-state index contributed by atoms with van der Waals surface area (Å²) < 4.78 is 5.80. The van der Waals surface area contributed by atoms with Crippen molar-refractivity contribution < 1.29 is 9.53 Å². The molecule has 2 rings (SSSR count). The second kappa shape index (κ2) is 8.99. The fourth-order valence-electron chi connectivity index (χ4n) is 3.36. The molecule has 0 aromatic heterocycles. The molecule has 1 fully saturated rings. The van der Waals surface area contributed by atoms with Crippen LogP contribution >= 0.6 is 0 Å². The Morgan fingerprint density at radius 3 is 2.57 bits per heavy atom. The number of hydrogen-bond donors (Lipinski definition) is 0. The SMILES string of the molecule is CCOC(C(=O)CCCc1ccccc1)C1CCCCC1. The highest BCUT2D eigenvalue weighted by molar-refractivity contribution is 5.83. The highest BCUT2D eigenvalue weighted by atomic mass is 16.5. The molecular weight excluding hydrogens is 260 g/mol. The molecule has 1 unspecified atom stereocenters. The summed E-state index contributed by atoms with van der Waals surface area (Å²) in [6.07, 6.45) is 8.57. The lowest BCUT2D eigenvalue weighted by Gasteiger charge is -2.29. The molecule has 2 heteroatoms. The fraction of sp³-hybridized carbons (Fsp3) is 0.632. The van der Waals surface area contributed by atoms with Gasteiger partial charge in [-0.3, -0.25) is 4.79 Å². The van der Waals surface area contributed by atoms with E-state index in [0.717, 1.165) is 25.7 Å². The average molecular weight is 288 g/mol. The van der Waals surface area contributed by atoms with Crippen LogP contribution in [0.15, 0.2) is 30.3 Å². The van der Waals surface area contributed by atoms with Crippen molar-refractivity contribution in [3.05, 3.63) is 35.9 Å². The molecule has 1 atom stereocenters. The Morgan fingerprint density at radius 1 is 1.19 bits per heavy atom. The summed E-state index contributed by atoms with van der Waals surface area (Å²) in [4.78, 5) is 12.5. The van der Waals surface area contributed by atoms with Gasteiger partial charge in [0.2, 0.25) is 0 Å². The lowest BCUT2D eigenvalue weighted by atomic mass is 9.83. The Balaban J connectivity index is 1.80. The van der Waals surface area contributed by atoms with Gasteiger partial charge in [-0.05, 0) is 44.1 Å². The van der Waals surface area contributed by atoms with E-state index in [9.17, 15) is 4.79 Å². The van der Waals surface area contributed by atoms with Crippen molar-refractivity contribution >= 4 is 5.78 Å². The molecule has 0 saturated heterocycles. The van der Waals surface area contributed by atoms with Crippen LogP contribution in [-0.4, -0.2) is 18.5 Å². The van der Waals surface area contributed by atoms with Gasteiger partial charge in [-0.25, -0.2) is 0 Å². The molecule has 1 aliphatic rings. The number of Topliss-reactive ketones (excluding diaryl/α,β-unsaturated/α-hetero) is 1. The fourth-order valence-corrected chi connectivity index (χ4v) is 3.36. The van der Waals surface area contributed by atoms with E-state index in [1.165, 1.54) is 24.8 Å². The Hall–Kier alpha value is -1.15. The zero-order valence-electron chi connectivity index (χ0n) is 13.2. The second-order valence-electron chi connectivity index (χ2n) is 6.08. The maximum Gasteiger partial charge on any atom is 0.161 e. The zero-order valence-corrected chi connectivity index (χ0v) is 13.2. The van der Waals surface area contributed by atoms with Gasteiger partial charge in [0, 0.05) is 13.0 Å². The van der Waals surface area contributed by atoms with Gasteiger partial charge < -0.3 is 4.74 Å². The van der Waals surface area contributed by atoms with Gasteiger partial charge in [0.05, 0.1) is 0 Å². The minimum atomic E-state index is -0.147. The number of benzene rings is 1. The highest BCUT2D eigenvalue weighted by Crippen LogP contribution is 2.29. The molecular formula is C19H28O2. The molecule has 0 N–H and O–H groups in total. The summed E-state index contributed by atoms with van der Waals surface area (Å²) in [5, 5.41) is 0. The lowest BCUT2D eigenvalue weighted by molar-refractivity contribution is -0.134. The van der Waals surface area contributed by atoms with E-state index < -0.39 is 0 Å². The van der Waals surface area contributed by atoms with Gasteiger partial charge in [0.25, 0.3) is 0 Å². The first-order valence-electron chi connectivity index (χ1n) is 8.49. The molecule has 116 valence electrons. The molecule has 0 bridgehead atoms. The Bertz CT molecular complexity index is 407. The van der Waals surface area contributed by atoms with Gasteiger partial charge in [-0.1, -0.05) is 49.6 Å². The van der Waals surface area contributed by atoms with E-state index in [4.69, 9.17) is 4.74 Å². The third-order valence-corrected chi connectivity index (χ3v) is 4.47. The van der Waals surface area contributed by atoms with Crippen molar-refractivity contribution in [1.82, 2.24) is 0 Å². The number of aryl methyl sites for hydroxylation is 1. The molecule has 1 aromatic carbocycles. The summed E-state index contributed by atoms with van der Waals surface area (Å²) >= 11 is 0. The van der Waals surface area contributed by atoms with E-state index in [-0.39, 0.29) is 6.10 Å². The average Bonchev–Trinajstić information content (AvgIpc) is 2.54. The largest absolute Gasteiger partial charge is 0.370 e. The van der Waals surface area contributed by atoms with Crippen molar-refractivity contribution in [2.75, 3.05) is 6.61 Å². The summed E-state index contributed by atoms with van der Waals surface area (Å²) in [5.74, 6) is 0.780. The van der Waals surface area contributed by atoms with E-state index >= 15 is 0 Å². The molecule has 0 radical (unpaired) electrons. The topological polar surface area (TPSA) is 26.3 Å². The van der Waals surface area contributed by atoms with Crippen LogP contribution in [0.4, 0.5) is 0 Å². The summed E-state index contributed by atoms with van der Waals surface area (Å²) in [5.41, 5.74) is 1.32. The van der Waals surface area contributed by atoms with Crippen LogP contribution in [0.3, 0.4) is 0 Å². The number of carbonyl (C=O) groups is 1. The van der Waals surface area contributed by atoms with Crippen molar-refractivity contribution in [1.29, 1.82) is 0 Å². The molecule has 0 amide bonds. The number of rotatable bonds is 8. The smallest absolute Gasteiger partial charge is 0.161 e. The Labute approximate surface area is 128 Å². The summed E-state index contributed by atoms with van der Waals surface area (Å²) in [6, 6.07) is 10.4. The summed E-state index contributed by atoms with van der Waals surface area (Å²) in [6.45, 7) is 2.64. The minimum absolute atomic E-state index is 0.147. The first-order valence-corrected chi connectivity index (χ1v) is 8.49. The minimum Gasteiger partial charge on any atom is -0.370 e.